The van der Waals surface area contributed by atoms with Crippen LogP contribution in [0, 0.1) is 5.82 Å². The number of nitrogens with zero attached hydrogens (tertiary/aromatic N) is 3. The standard InChI is InChI=1S/C12H12BrFN4O2/c13-8-1-2-10(14)7(3-8)5-18-6-9(16-17-18)4-11(15)12(19)20/h1-3,6,11H,4-5,15H2,(H,19,20). The smallest absolute Gasteiger partial charge is 0.320 e. The third-order valence-electron chi connectivity index (χ3n) is 2.67. The van der Waals surface area contributed by atoms with Crippen molar-refractivity contribution in [3.05, 3.63) is 45.9 Å². The first kappa shape index (κ1) is 14.6. The van der Waals surface area contributed by atoms with Crippen molar-refractivity contribution >= 4 is 21.9 Å². The fourth-order valence-corrected chi connectivity index (χ4v) is 2.07. The summed E-state index contributed by atoms with van der Waals surface area (Å²) in [6.45, 7) is 0.209. The van der Waals surface area contributed by atoms with E-state index in [1.54, 1.807) is 18.3 Å². The van der Waals surface area contributed by atoms with E-state index in [0.717, 1.165) is 4.47 Å². The molecule has 0 amide bonds. The van der Waals surface area contributed by atoms with Crippen molar-refractivity contribution in [2.24, 2.45) is 5.73 Å². The second-order valence-corrected chi connectivity index (χ2v) is 5.21. The van der Waals surface area contributed by atoms with Gasteiger partial charge in [0.15, 0.2) is 0 Å². The average molecular weight is 343 g/mol. The van der Waals surface area contributed by atoms with Gasteiger partial charge in [-0.3, -0.25) is 4.79 Å². The van der Waals surface area contributed by atoms with Crippen LogP contribution < -0.4 is 5.73 Å². The van der Waals surface area contributed by atoms with Crippen molar-refractivity contribution < 1.29 is 14.3 Å². The highest BCUT2D eigenvalue weighted by molar-refractivity contribution is 9.10. The lowest BCUT2D eigenvalue weighted by Crippen LogP contribution is -2.32. The van der Waals surface area contributed by atoms with E-state index in [0.29, 0.717) is 11.3 Å². The zero-order chi connectivity index (χ0) is 14.7. The highest BCUT2D eigenvalue weighted by Crippen LogP contribution is 2.16. The third kappa shape index (κ3) is 3.61. The summed E-state index contributed by atoms with van der Waals surface area (Å²) in [4.78, 5) is 10.6. The van der Waals surface area contributed by atoms with E-state index in [-0.39, 0.29) is 18.8 Å². The minimum Gasteiger partial charge on any atom is -0.480 e. The molecule has 0 fully saturated rings. The Bertz CT molecular complexity index is 632. The van der Waals surface area contributed by atoms with Gasteiger partial charge in [0.2, 0.25) is 0 Å². The molecule has 1 aromatic carbocycles. The fourth-order valence-electron chi connectivity index (χ4n) is 1.66. The number of carboxylic acids is 1. The molecule has 20 heavy (non-hydrogen) atoms. The quantitative estimate of drug-likeness (QED) is 0.850. The summed E-state index contributed by atoms with van der Waals surface area (Å²) in [5, 5.41) is 16.4. The molecule has 1 aromatic heterocycles. The number of carbonyl (C=O) groups is 1. The maximum absolute atomic E-state index is 13.6. The molecule has 1 atom stereocenters. The normalized spacial score (nSPS) is 12.3. The SMILES string of the molecule is NC(Cc1cn(Cc2cc(Br)ccc2F)nn1)C(=O)O. The van der Waals surface area contributed by atoms with Gasteiger partial charge >= 0.3 is 5.97 Å². The minimum atomic E-state index is -1.10. The van der Waals surface area contributed by atoms with Crippen LogP contribution in [-0.2, 0) is 17.8 Å². The number of rotatable bonds is 5. The van der Waals surface area contributed by atoms with Gasteiger partial charge in [0, 0.05) is 22.7 Å². The van der Waals surface area contributed by atoms with Crippen LogP contribution in [0.3, 0.4) is 0 Å². The minimum absolute atomic E-state index is 0.0797. The van der Waals surface area contributed by atoms with Crippen molar-refractivity contribution in [1.82, 2.24) is 15.0 Å². The molecular formula is C12H12BrFN4O2. The Morgan fingerprint density at radius 3 is 3.00 bits per heavy atom. The van der Waals surface area contributed by atoms with Crippen LogP contribution in [0.15, 0.2) is 28.9 Å². The lowest BCUT2D eigenvalue weighted by atomic mass is 10.2. The van der Waals surface area contributed by atoms with Gasteiger partial charge < -0.3 is 10.8 Å². The molecule has 0 aliphatic heterocycles. The Hall–Kier alpha value is -1.80. The molecule has 106 valence electrons. The van der Waals surface area contributed by atoms with Crippen molar-refractivity contribution in [2.45, 2.75) is 19.0 Å². The largest absolute Gasteiger partial charge is 0.480 e. The van der Waals surface area contributed by atoms with Crippen molar-refractivity contribution in [3.8, 4) is 0 Å². The summed E-state index contributed by atoms with van der Waals surface area (Å²) in [5.41, 5.74) is 6.32. The number of aromatic nitrogens is 3. The number of benzene rings is 1. The molecule has 3 N–H and O–H groups in total. The van der Waals surface area contributed by atoms with Crippen LogP contribution >= 0.6 is 15.9 Å². The number of carboxylic acid groups (broad SMARTS) is 1. The van der Waals surface area contributed by atoms with Gasteiger partial charge in [0.05, 0.1) is 12.2 Å². The van der Waals surface area contributed by atoms with Gasteiger partial charge in [-0.25, -0.2) is 9.07 Å². The molecule has 0 spiro atoms. The maximum Gasteiger partial charge on any atom is 0.320 e. The lowest BCUT2D eigenvalue weighted by Gasteiger charge is -2.04. The monoisotopic (exact) mass is 342 g/mol. The first-order chi connectivity index (χ1) is 9.45. The molecule has 0 bridgehead atoms. The number of halogens is 2. The van der Waals surface area contributed by atoms with Gasteiger partial charge in [-0.2, -0.15) is 0 Å². The zero-order valence-electron chi connectivity index (χ0n) is 10.3. The van der Waals surface area contributed by atoms with Gasteiger partial charge in [-0.05, 0) is 18.2 Å². The van der Waals surface area contributed by atoms with Crippen LogP contribution in [0.5, 0.6) is 0 Å². The Balaban J connectivity index is 2.09. The van der Waals surface area contributed by atoms with Gasteiger partial charge in [0.1, 0.15) is 11.9 Å². The van der Waals surface area contributed by atoms with E-state index >= 15 is 0 Å². The van der Waals surface area contributed by atoms with Crippen molar-refractivity contribution in [3.63, 3.8) is 0 Å². The van der Waals surface area contributed by atoms with E-state index in [9.17, 15) is 9.18 Å². The summed E-state index contributed by atoms with van der Waals surface area (Å²) in [6, 6.07) is 3.59. The number of hydrogen-bond acceptors (Lipinski definition) is 4. The van der Waals surface area contributed by atoms with E-state index in [1.807, 2.05) is 0 Å². The molecule has 2 aromatic rings. The molecule has 0 radical (unpaired) electrons. The highest BCUT2D eigenvalue weighted by atomic mass is 79.9. The molecule has 6 nitrogen and oxygen atoms in total. The Kier molecular flexibility index (Phi) is 4.46. The summed E-state index contributed by atoms with van der Waals surface area (Å²) in [6.07, 6.45) is 1.64. The number of nitrogens with two attached hydrogens (primary N) is 1. The second kappa shape index (κ2) is 6.10. The second-order valence-electron chi connectivity index (χ2n) is 4.29. The predicted molar refractivity (Wildman–Crippen MR) is 72.5 cm³/mol. The zero-order valence-corrected chi connectivity index (χ0v) is 11.9. The van der Waals surface area contributed by atoms with E-state index in [1.165, 1.54) is 10.7 Å². The highest BCUT2D eigenvalue weighted by Gasteiger charge is 2.14. The molecule has 1 heterocycles. The predicted octanol–water partition coefficient (Wildman–Crippen LogP) is 1.18. The Labute approximate surface area is 122 Å². The van der Waals surface area contributed by atoms with Gasteiger partial charge in [-0.1, -0.05) is 21.1 Å². The fraction of sp³-hybridized carbons (Fsp3) is 0.250. The molecule has 0 aliphatic rings. The third-order valence-corrected chi connectivity index (χ3v) is 3.17. The molecule has 0 saturated carbocycles. The topological polar surface area (TPSA) is 94.0 Å². The van der Waals surface area contributed by atoms with Crippen LogP contribution in [0.25, 0.3) is 0 Å². The van der Waals surface area contributed by atoms with E-state index in [4.69, 9.17) is 10.8 Å². The van der Waals surface area contributed by atoms with Crippen molar-refractivity contribution in [1.29, 1.82) is 0 Å². The Morgan fingerprint density at radius 2 is 2.30 bits per heavy atom. The van der Waals surface area contributed by atoms with E-state index in [2.05, 4.69) is 26.2 Å². The van der Waals surface area contributed by atoms with Gasteiger partial charge in [0.25, 0.3) is 0 Å². The summed E-state index contributed by atoms with van der Waals surface area (Å²) < 4.78 is 15.8. The molecule has 2 rings (SSSR count). The Morgan fingerprint density at radius 1 is 1.55 bits per heavy atom. The summed E-state index contributed by atoms with van der Waals surface area (Å²) in [7, 11) is 0. The number of hydrogen-bond donors (Lipinski definition) is 2. The van der Waals surface area contributed by atoms with Crippen LogP contribution in [0.4, 0.5) is 4.39 Å². The molecule has 0 aliphatic carbocycles. The van der Waals surface area contributed by atoms with Crippen LogP contribution in [0.1, 0.15) is 11.3 Å². The summed E-state index contributed by atoms with van der Waals surface area (Å²) >= 11 is 3.27. The van der Waals surface area contributed by atoms with Crippen LogP contribution in [-0.4, -0.2) is 32.1 Å². The first-order valence-corrected chi connectivity index (χ1v) is 6.56. The lowest BCUT2D eigenvalue weighted by molar-refractivity contribution is -0.138. The average Bonchev–Trinajstić information content (AvgIpc) is 2.81. The van der Waals surface area contributed by atoms with Crippen LogP contribution in [0.2, 0.25) is 0 Å². The van der Waals surface area contributed by atoms with E-state index < -0.39 is 12.0 Å². The molecular weight excluding hydrogens is 331 g/mol. The molecule has 8 heteroatoms. The first-order valence-electron chi connectivity index (χ1n) is 5.77. The maximum atomic E-state index is 13.6. The number of aliphatic carboxylic acids is 1. The van der Waals surface area contributed by atoms with Gasteiger partial charge in [-0.15, -0.1) is 5.10 Å². The summed E-state index contributed by atoms with van der Waals surface area (Å²) in [5.74, 6) is -1.44. The molecule has 0 saturated heterocycles. The molecule has 1 unspecified atom stereocenters. The van der Waals surface area contributed by atoms with Crippen molar-refractivity contribution in [2.75, 3.05) is 0 Å².